The van der Waals surface area contributed by atoms with Crippen molar-refractivity contribution in [2.75, 3.05) is 6.54 Å². The summed E-state index contributed by atoms with van der Waals surface area (Å²) in [6.07, 6.45) is 5.20. The van der Waals surface area contributed by atoms with E-state index in [1.165, 1.54) is 31.2 Å². The molecule has 2 heteroatoms. The summed E-state index contributed by atoms with van der Waals surface area (Å²) in [6.45, 7) is 5.48. The molecule has 0 fully saturated rings. The summed E-state index contributed by atoms with van der Waals surface area (Å²) in [5.41, 5.74) is 1.19. The van der Waals surface area contributed by atoms with E-state index in [9.17, 15) is 0 Å². The summed E-state index contributed by atoms with van der Waals surface area (Å²) in [7, 11) is 0. The molecule has 0 heterocycles. The standard InChI is InChI=1S/C14H22ClN/c1-3-4-5-8-11-16-12(2)13-9-6-7-10-14(13)15/h6-7,9-10,12,16H,3-5,8,11H2,1-2H3/t12-/m1/s1. The molecular weight excluding hydrogens is 218 g/mol. The minimum Gasteiger partial charge on any atom is -0.310 e. The topological polar surface area (TPSA) is 12.0 Å². The second-order valence-electron chi connectivity index (χ2n) is 4.26. The number of unbranched alkanes of at least 4 members (excludes halogenated alkanes) is 3. The molecule has 0 saturated carbocycles. The van der Waals surface area contributed by atoms with Gasteiger partial charge in [0.1, 0.15) is 0 Å². The lowest BCUT2D eigenvalue weighted by atomic mass is 10.1. The van der Waals surface area contributed by atoms with E-state index in [-0.39, 0.29) is 0 Å². The molecule has 90 valence electrons. The van der Waals surface area contributed by atoms with Crippen molar-refractivity contribution in [1.82, 2.24) is 5.32 Å². The van der Waals surface area contributed by atoms with Crippen LogP contribution >= 0.6 is 11.6 Å². The van der Waals surface area contributed by atoms with Gasteiger partial charge in [-0.1, -0.05) is 56.0 Å². The lowest BCUT2D eigenvalue weighted by Gasteiger charge is -2.15. The predicted molar refractivity (Wildman–Crippen MR) is 72.0 cm³/mol. The molecule has 1 aromatic carbocycles. The molecule has 0 spiro atoms. The largest absolute Gasteiger partial charge is 0.310 e. The van der Waals surface area contributed by atoms with Crippen LogP contribution in [0, 0.1) is 0 Å². The minimum atomic E-state index is 0.343. The summed E-state index contributed by atoms with van der Waals surface area (Å²) < 4.78 is 0. The molecule has 0 aliphatic carbocycles. The van der Waals surface area contributed by atoms with E-state index in [0.29, 0.717) is 6.04 Å². The highest BCUT2D eigenvalue weighted by Crippen LogP contribution is 2.21. The van der Waals surface area contributed by atoms with E-state index in [0.717, 1.165) is 11.6 Å². The first-order valence-electron chi connectivity index (χ1n) is 6.23. The van der Waals surface area contributed by atoms with Gasteiger partial charge >= 0.3 is 0 Å². The normalized spacial score (nSPS) is 12.7. The molecule has 0 amide bonds. The van der Waals surface area contributed by atoms with E-state index in [4.69, 9.17) is 11.6 Å². The van der Waals surface area contributed by atoms with Gasteiger partial charge in [0.25, 0.3) is 0 Å². The highest BCUT2D eigenvalue weighted by molar-refractivity contribution is 6.31. The number of halogens is 1. The fourth-order valence-electron chi connectivity index (χ4n) is 1.81. The van der Waals surface area contributed by atoms with Crippen LogP contribution in [0.5, 0.6) is 0 Å². The van der Waals surface area contributed by atoms with E-state index >= 15 is 0 Å². The first-order chi connectivity index (χ1) is 7.75. The monoisotopic (exact) mass is 239 g/mol. The molecule has 0 aromatic heterocycles. The van der Waals surface area contributed by atoms with Crippen molar-refractivity contribution in [1.29, 1.82) is 0 Å². The Hall–Kier alpha value is -0.530. The van der Waals surface area contributed by atoms with Crippen LogP contribution < -0.4 is 5.32 Å². The smallest absolute Gasteiger partial charge is 0.0453 e. The Balaban J connectivity index is 2.30. The van der Waals surface area contributed by atoms with Crippen LogP contribution in [0.15, 0.2) is 24.3 Å². The lowest BCUT2D eigenvalue weighted by Crippen LogP contribution is -2.20. The molecule has 1 rings (SSSR count). The van der Waals surface area contributed by atoms with Crippen molar-refractivity contribution in [3.05, 3.63) is 34.9 Å². The van der Waals surface area contributed by atoms with Crippen molar-refractivity contribution in [3.8, 4) is 0 Å². The van der Waals surface area contributed by atoms with Gasteiger partial charge in [0, 0.05) is 11.1 Å². The van der Waals surface area contributed by atoms with Crippen molar-refractivity contribution >= 4 is 11.6 Å². The molecular formula is C14H22ClN. The van der Waals surface area contributed by atoms with Gasteiger partial charge in [0.05, 0.1) is 0 Å². The molecule has 0 bridgehead atoms. The van der Waals surface area contributed by atoms with Gasteiger partial charge in [-0.2, -0.15) is 0 Å². The van der Waals surface area contributed by atoms with Crippen LogP contribution in [0.3, 0.4) is 0 Å². The fourth-order valence-corrected chi connectivity index (χ4v) is 2.11. The molecule has 0 unspecified atom stereocenters. The second-order valence-corrected chi connectivity index (χ2v) is 4.67. The zero-order valence-corrected chi connectivity index (χ0v) is 11.1. The Morgan fingerprint density at radius 3 is 2.62 bits per heavy atom. The average Bonchev–Trinajstić information content (AvgIpc) is 2.29. The summed E-state index contributed by atoms with van der Waals surface area (Å²) in [5, 5.41) is 4.37. The van der Waals surface area contributed by atoms with Gasteiger partial charge in [-0.05, 0) is 31.5 Å². The molecule has 0 saturated heterocycles. The zero-order chi connectivity index (χ0) is 11.8. The molecule has 0 radical (unpaired) electrons. The summed E-state index contributed by atoms with van der Waals surface area (Å²) >= 11 is 6.14. The Morgan fingerprint density at radius 2 is 1.94 bits per heavy atom. The second kappa shape index (κ2) is 7.70. The summed E-state index contributed by atoms with van der Waals surface area (Å²) in [6, 6.07) is 8.39. The van der Waals surface area contributed by atoms with Gasteiger partial charge in [-0.3, -0.25) is 0 Å². The van der Waals surface area contributed by atoms with Crippen LogP contribution in [0.25, 0.3) is 0 Å². The average molecular weight is 240 g/mol. The molecule has 0 aliphatic heterocycles. The van der Waals surface area contributed by atoms with Crippen LogP contribution in [-0.4, -0.2) is 6.54 Å². The third-order valence-electron chi connectivity index (χ3n) is 2.85. The summed E-state index contributed by atoms with van der Waals surface area (Å²) in [4.78, 5) is 0. The number of nitrogens with one attached hydrogen (secondary N) is 1. The van der Waals surface area contributed by atoms with Crippen molar-refractivity contribution in [3.63, 3.8) is 0 Å². The zero-order valence-electron chi connectivity index (χ0n) is 10.3. The van der Waals surface area contributed by atoms with Gasteiger partial charge < -0.3 is 5.32 Å². The van der Waals surface area contributed by atoms with Gasteiger partial charge in [0.15, 0.2) is 0 Å². The Labute approximate surface area is 104 Å². The fraction of sp³-hybridized carbons (Fsp3) is 0.571. The van der Waals surface area contributed by atoms with Crippen molar-refractivity contribution in [2.45, 2.75) is 45.6 Å². The number of hydrogen-bond acceptors (Lipinski definition) is 1. The molecule has 1 atom stereocenters. The number of rotatable bonds is 7. The van der Waals surface area contributed by atoms with Crippen molar-refractivity contribution in [2.24, 2.45) is 0 Å². The number of benzene rings is 1. The minimum absolute atomic E-state index is 0.343. The highest BCUT2D eigenvalue weighted by atomic mass is 35.5. The van der Waals surface area contributed by atoms with Crippen molar-refractivity contribution < 1.29 is 0 Å². The third-order valence-corrected chi connectivity index (χ3v) is 3.20. The van der Waals surface area contributed by atoms with Gasteiger partial charge in [0.2, 0.25) is 0 Å². The molecule has 0 aliphatic rings. The molecule has 1 aromatic rings. The number of hydrogen-bond donors (Lipinski definition) is 1. The first kappa shape index (κ1) is 13.5. The van der Waals surface area contributed by atoms with Crippen LogP contribution in [-0.2, 0) is 0 Å². The first-order valence-corrected chi connectivity index (χ1v) is 6.61. The lowest BCUT2D eigenvalue weighted by molar-refractivity contribution is 0.537. The van der Waals surface area contributed by atoms with Gasteiger partial charge in [-0.15, -0.1) is 0 Å². The van der Waals surface area contributed by atoms with Crippen LogP contribution in [0.4, 0.5) is 0 Å². The third kappa shape index (κ3) is 4.54. The molecule has 1 nitrogen and oxygen atoms in total. The van der Waals surface area contributed by atoms with Crippen LogP contribution in [0.2, 0.25) is 5.02 Å². The molecule has 1 N–H and O–H groups in total. The Morgan fingerprint density at radius 1 is 1.19 bits per heavy atom. The maximum atomic E-state index is 6.14. The SMILES string of the molecule is CCCCCCN[C@H](C)c1ccccc1Cl. The van der Waals surface area contributed by atoms with E-state index in [1.807, 2.05) is 18.2 Å². The van der Waals surface area contributed by atoms with Gasteiger partial charge in [-0.25, -0.2) is 0 Å². The summed E-state index contributed by atoms with van der Waals surface area (Å²) in [5.74, 6) is 0. The molecule has 16 heavy (non-hydrogen) atoms. The quantitative estimate of drug-likeness (QED) is 0.688. The maximum absolute atomic E-state index is 6.14. The Bertz CT molecular complexity index is 299. The predicted octanol–water partition coefficient (Wildman–Crippen LogP) is 4.57. The van der Waals surface area contributed by atoms with E-state index < -0.39 is 0 Å². The van der Waals surface area contributed by atoms with E-state index in [1.54, 1.807) is 0 Å². The van der Waals surface area contributed by atoms with Crippen LogP contribution in [0.1, 0.15) is 51.1 Å². The maximum Gasteiger partial charge on any atom is 0.0453 e. The van der Waals surface area contributed by atoms with E-state index in [2.05, 4.69) is 25.2 Å². The highest BCUT2D eigenvalue weighted by Gasteiger charge is 2.07. The Kier molecular flexibility index (Phi) is 6.51.